The second-order valence-corrected chi connectivity index (χ2v) is 1.29. The van der Waals surface area contributed by atoms with Crippen molar-refractivity contribution in [2.24, 2.45) is 0 Å². The summed E-state index contributed by atoms with van der Waals surface area (Å²) in [6.07, 6.45) is -3.03. The average Bonchev–Trinajstić information content (AvgIpc) is 1.31. The van der Waals surface area contributed by atoms with E-state index in [1.165, 1.54) is 0 Å². The number of rotatable bonds is 1. The van der Waals surface area contributed by atoms with Gasteiger partial charge in [-0.1, -0.05) is 0 Å². The summed E-state index contributed by atoms with van der Waals surface area (Å²) in [5.74, 6) is -3.61. The highest BCUT2D eigenvalue weighted by molar-refractivity contribution is 4.57. The summed E-state index contributed by atoms with van der Waals surface area (Å²) >= 11 is 0. The molecule has 0 aromatic carbocycles. The molecular formula is C3H5F3O. The second-order valence-electron chi connectivity index (χ2n) is 1.29. The molecule has 0 saturated carbocycles. The summed E-state index contributed by atoms with van der Waals surface area (Å²) in [6.45, 7) is 0.303. The van der Waals surface area contributed by atoms with Gasteiger partial charge in [0.15, 0.2) is 0 Å². The molecule has 7 heavy (non-hydrogen) atoms. The first kappa shape index (κ1) is 6.75. The fourth-order valence-electron chi connectivity index (χ4n) is 0. The molecule has 0 bridgehead atoms. The third-order valence-electron chi connectivity index (χ3n) is 0.418. The van der Waals surface area contributed by atoms with Crippen LogP contribution in [0, 0.1) is 0 Å². The van der Waals surface area contributed by atoms with E-state index in [1.54, 1.807) is 0 Å². The number of alkyl halides is 3. The van der Waals surface area contributed by atoms with Crippen LogP contribution in [0.3, 0.4) is 0 Å². The van der Waals surface area contributed by atoms with Gasteiger partial charge in [0.25, 0.3) is 12.3 Å². The summed E-state index contributed by atoms with van der Waals surface area (Å²) in [7, 11) is 0. The molecule has 0 aliphatic heterocycles. The molecule has 0 rings (SSSR count). The largest absolute Gasteiger partial charge is 0.360 e. The fourth-order valence-corrected chi connectivity index (χ4v) is 0. The van der Waals surface area contributed by atoms with E-state index in [4.69, 9.17) is 5.11 Å². The van der Waals surface area contributed by atoms with Gasteiger partial charge in [0.05, 0.1) is 0 Å². The van der Waals surface area contributed by atoms with Crippen LogP contribution in [-0.2, 0) is 0 Å². The van der Waals surface area contributed by atoms with Crippen LogP contribution >= 0.6 is 0 Å². The van der Waals surface area contributed by atoms with Crippen LogP contribution in [0.2, 0.25) is 0 Å². The Morgan fingerprint density at radius 3 is 1.71 bits per heavy atom. The Kier molecular flexibility index (Phi) is 1.63. The van der Waals surface area contributed by atoms with Crippen molar-refractivity contribution in [3.63, 3.8) is 0 Å². The number of hydrogen-bond acceptors (Lipinski definition) is 1. The lowest BCUT2D eigenvalue weighted by Crippen LogP contribution is -2.24. The normalized spacial score (nSPS) is 16.7. The first-order valence-electron chi connectivity index (χ1n) is 1.64. The Hall–Kier alpha value is -0.250. The molecule has 0 fully saturated rings. The molecule has 1 N–H and O–H groups in total. The maximum atomic E-state index is 11.2. The highest BCUT2D eigenvalue weighted by Gasteiger charge is 2.31. The van der Waals surface area contributed by atoms with Crippen molar-refractivity contribution in [1.29, 1.82) is 0 Å². The highest BCUT2D eigenvalue weighted by Crippen LogP contribution is 2.16. The summed E-state index contributed by atoms with van der Waals surface area (Å²) < 4.78 is 33.5. The van der Waals surface area contributed by atoms with Crippen LogP contribution in [0.25, 0.3) is 0 Å². The molecule has 1 unspecified atom stereocenters. The summed E-state index contributed by atoms with van der Waals surface area (Å²) in [4.78, 5) is 0. The lowest BCUT2D eigenvalue weighted by Gasteiger charge is -2.07. The minimum atomic E-state index is -3.61. The molecule has 0 spiro atoms. The van der Waals surface area contributed by atoms with Crippen LogP contribution in [0.4, 0.5) is 13.2 Å². The van der Waals surface area contributed by atoms with Gasteiger partial charge in [-0.3, -0.25) is 0 Å². The summed E-state index contributed by atoms with van der Waals surface area (Å²) in [6, 6.07) is 0. The van der Waals surface area contributed by atoms with E-state index >= 15 is 0 Å². The zero-order valence-electron chi connectivity index (χ0n) is 3.66. The van der Waals surface area contributed by atoms with Crippen molar-refractivity contribution in [2.75, 3.05) is 0 Å². The van der Waals surface area contributed by atoms with Crippen molar-refractivity contribution in [2.45, 2.75) is 19.2 Å². The van der Waals surface area contributed by atoms with E-state index < -0.39 is 12.3 Å². The molecular weight excluding hydrogens is 109 g/mol. The first-order chi connectivity index (χ1) is 2.94. The monoisotopic (exact) mass is 114 g/mol. The van der Waals surface area contributed by atoms with Gasteiger partial charge in [0.1, 0.15) is 0 Å². The Morgan fingerprint density at radius 2 is 1.71 bits per heavy atom. The van der Waals surface area contributed by atoms with E-state index in [-0.39, 0.29) is 0 Å². The third-order valence-corrected chi connectivity index (χ3v) is 0.418. The van der Waals surface area contributed by atoms with E-state index in [0.29, 0.717) is 6.92 Å². The first-order valence-corrected chi connectivity index (χ1v) is 1.64. The van der Waals surface area contributed by atoms with Gasteiger partial charge in [-0.25, -0.2) is 13.2 Å². The van der Waals surface area contributed by atoms with Gasteiger partial charge in [-0.2, -0.15) is 0 Å². The Morgan fingerprint density at radius 1 is 1.57 bits per heavy atom. The Labute approximate surface area is 38.8 Å². The number of aliphatic hydroxyl groups excluding tert-OH is 1. The van der Waals surface area contributed by atoms with Crippen molar-refractivity contribution >= 4 is 0 Å². The summed E-state index contributed by atoms with van der Waals surface area (Å²) in [5, 5.41) is 7.47. The van der Waals surface area contributed by atoms with Gasteiger partial charge in [0, 0.05) is 6.92 Å². The van der Waals surface area contributed by atoms with E-state index in [2.05, 4.69) is 0 Å². The maximum Gasteiger partial charge on any atom is 0.299 e. The van der Waals surface area contributed by atoms with E-state index in [1.807, 2.05) is 0 Å². The average molecular weight is 114 g/mol. The maximum absolute atomic E-state index is 11.2. The molecule has 44 valence electrons. The SMILES string of the molecule is CC(F)(F)C(O)F. The topological polar surface area (TPSA) is 20.2 Å². The molecule has 1 nitrogen and oxygen atoms in total. The second kappa shape index (κ2) is 1.69. The van der Waals surface area contributed by atoms with Crippen molar-refractivity contribution < 1.29 is 18.3 Å². The van der Waals surface area contributed by atoms with Gasteiger partial charge in [0.2, 0.25) is 0 Å². The molecule has 0 aromatic heterocycles. The minimum absolute atomic E-state index is 0.303. The van der Waals surface area contributed by atoms with Gasteiger partial charge < -0.3 is 5.11 Å². The molecule has 1 atom stereocenters. The van der Waals surface area contributed by atoms with Crippen molar-refractivity contribution in [3.8, 4) is 0 Å². The summed E-state index contributed by atoms with van der Waals surface area (Å²) in [5.41, 5.74) is 0. The smallest absolute Gasteiger partial charge is 0.299 e. The van der Waals surface area contributed by atoms with Crippen LogP contribution < -0.4 is 0 Å². The minimum Gasteiger partial charge on any atom is -0.360 e. The Balaban J connectivity index is 3.54. The molecule has 0 radical (unpaired) electrons. The highest BCUT2D eigenvalue weighted by atomic mass is 19.3. The predicted octanol–water partition coefficient (Wildman–Crippen LogP) is 0.929. The van der Waals surface area contributed by atoms with Crippen LogP contribution in [-0.4, -0.2) is 17.4 Å². The van der Waals surface area contributed by atoms with Crippen LogP contribution in [0.15, 0.2) is 0 Å². The number of hydrogen-bond donors (Lipinski definition) is 1. The lowest BCUT2D eigenvalue weighted by atomic mass is 10.4. The predicted molar refractivity (Wildman–Crippen MR) is 17.7 cm³/mol. The molecule has 0 aliphatic carbocycles. The van der Waals surface area contributed by atoms with Gasteiger partial charge >= 0.3 is 0 Å². The van der Waals surface area contributed by atoms with E-state index in [9.17, 15) is 13.2 Å². The fraction of sp³-hybridized carbons (Fsp3) is 1.00. The zero-order valence-corrected chi connectivity index (χ0v) is 3.66. The van der Waals surface area contributed by atoms with Crippen molar-refractivity contribution in [1.82, 2.24) is 0 Å². The molecule has 0 heterocycles. The Bertz CT molecular complexity index is 55.7. The quantitative estimate of drug-likeness (QED) is 0.537. The van der Waals surface area contributed by atoms with Crippen LogP contribution in [0.1, 0.15) is 6.92 Å². The third kappa shape index (κ3) is 2.45. The zero-order chi connectivity index (χ0) is 6.08. The van der Waals surface area contributed by atoms with Crippen molar-refractivity contribution in [3.05, 3.63) is 0 Å². The molecule has 0 saturated heterocycles. The molecule has 0 aliphatic rings. The molecule has 0 amide bonds. The van der Waals surface area contributed by atoms with Crippen LogP contribution in [0.5, 0.6) is 0 Å². The number of halogens is 3. The lowest BCUT2D eigenvalue weighted by molar-refractivity contribution is -0.155. The number of aliphatic hydroxyl groups is 1. The van der Waals surface area contributed by atoms with Gasteiger partial charge in [-0.15, -0.1) is 0 Å². The van der Waals surface area contributed by atoms with E-state index in [0.717, 1.165) is 0 Å². The molecule has 0 aromatic rings. The van der Waals surface area contributed by atoms with Gasteiger partial charge in [-0.05, 0) is 0 Å². The standard InChI is InChI=1S/C3H5F3O/c1-3(5,6)2(4)7/h2,7H,1H3. The molecule has 4 heteroatoms.